The molecule has 0 saturated heterocycles. The van der Waals surface area contributed by atoms with Gasteiger partial charge in [0, 0.05) is 20.7 Å². The number of benzene rings is 2. The van der Waals surface area contributed by atoms with Gasteiger partial charge in [-0.3, -0.25) is 0 Å². The zero-order valence-corrected chi connectivity index (χ0v) is 15.2. The topological polar surface area (TPSA) is 72.2 Å². The van der Waals surface area contributed by atoms with E-state index in [0.717, 1.165) is 14.5 Å². The molecule has 0 aliphatic carbocycles. The van der Waals surface area contributed by atoms with Crippen molar-refractivity contribution >= 4 is 47.6 Å². The van der Waals surface area contributed by atoms with Crippen LogP contribution in [0, 0.1) is 0 Å². The van der Waals surface area contributed by atoms with E-state index >= 15 is 0 Å². The summed E-state index contributed by atoms with van der Waals surface area (Å²) in [7, 11) is -3.69. The van der Waals surface area contributed by atoms with E-state index in [9.17, 15) is 8.42 Å². The van der Waals surface area contributed by atoms with Crippen molar-refractivity contribution in [3.8, 4) is 0 Å². The van der Waals surface area contributed by atoms with Crippen LogP contribution in [0.2, 0.25) is 0 Å². The zero-order chi connectivity index (χ0) is 15.6. The van der Waals surface area contributed by atoms with Gasteiger partial charge in [0.2, 0.25) is 10.0 Å². The van der Waals surface area contributed by atoms with Gasteiger partial charge in [-0.1, -0.05) is 44.0 Å². The van der Waals surface area contributed by atoms with E-state index in [1.54, 1.807) is 12.1 Å². The van der Waals surface area contributed by atoms with Gasteiger partial charge < -0.3 is 5.32 Å². The lowest BCUT2D eigenvalue weighted by molar-refractivity contribution is 0.598. The smallest absolute Gasteiger partial charge is 0.238 e. The van der Waals surface area contributed by atoms with Gasteiger partial charge in [-0.05, 0) is 42.8 Å². The van der Waals surface area contributed by atoms with E-state index in [1.165, 1.54) is 12.1 Å². The number of primary sulfonamides is 1. The van der Waals surface area contributed by atoms with Gasteiger partial charge in [-0.15, -0.1) is 0 Å². The van der Waals surface area contributed by atoms with Gasteiger partial charge in [-0.2, -0.15) is 0 Å². The van der Waals surface area contributed by atoms with Crippen molar-refractivity contribution in [2.24, 2.45) is 5.14 Å². The summed E-state index contributed by atoms with van der Waals surface area (Å²) in [5.41, 5.74) is 1.77. The molecule has 2 aromatic carbocycles. The molecular weight excluding hydrogens is 420 g/mol. The number of halogens is 2. The normalized spacial score (nSPS) is 13.0. The van der Waals surface area contributed by atoms with Crippen LogP contribution in [0.4, 0.5) is 5.69 Å². The molecule has 0 fully saturated rings. The molecule has 1 atom stereocenters. The van der Waals surface area contributed by atoms with Crippen LogP contribution in [-0.4, -0.2) is 8.42 Å². The standard InChI is InChI=1S/C14H14Br2N2O2S/c1-9(13-6-5-10(15)7-14(13)16)18-11-3-2-4-12(8-11)21(17,19)20/h2-9,18H,1H3,(H2,17,19,20). The van der Waals surface area contributed by atoms with E-state index in [-0.39, 0.29) is 10.9 Å². The lowest BCUT2D eigenvalue weighted by atomic mass is 10.1. The highest BCUT2D eigenvalue weighted by molar-refractivity contribution is 9.11. The molecule has 0 heterocycles. The molecule has 0 amide bonds. The second kappa shape index (κ2) is 6.48. The highest BCUT2D eigenvalue weighted by Gasteiger charge is 2.12. The third kappa shape index (κ3) is 4.29. The van der Waals surface area contributed by atoms with E-state index in [2.05, 4.69) is 37.2 Å². The van der Waals surface area contributed by atoms with Gasteiger partial charge in [-0.25, -0.2) is 13.6 Å². The Balaban J connectivity index is 2.25. The van der Waals surface area contributed by atoms with Crippen molar-refractivity contribution in [2.75, 3.05) is 5.32 Å². The molecule has 0 aliphatic heterocycles. The monoisotopic (exact) mass is 432 g/mol. The maximum absolute atomic E-state index is 11.4. The predicted octanol–water partition coefficient (Wildman–Crippen LogP) is 4.03. The molecular formula is C14H14Br2N2O2S. The van der Waals surface area contributed by atoms with Gasteiger partial charge in [0.15, 0.2) is 0 Å². The first-order valence-electron chi connectivity index (χ1n) is 6.12. The molecule has 0 aromatic heterocycles. The molecule has 0 bridgehead atoms. The first-order valence-corrected chi connectivity index (χ1v) is 9.25. The number of anilines is 1. The van der Waals surface area contributed by atoms with Crippen LogP contribution < -0.4 is 10.5 Å². The summed E-state index contributed by atoms with van der Waals surface area (Å²) < 4.78 is 24.7. The van der Waals surface area contributed by atoms with Gasteiger partial charge in [0.05, 0.1) is 4.90 Å². The maximum atomic E-state index is 11.4. The molecule has 2 rings (SSSR count). The fourth-order valence-electron chi connectivity index (χ4n) is 1.94. The summed E-state index contributed by atoms with van der Waals surface area (Å²) in [6, 6.07) is 12.4. The van der Waals surface area contributed by atoms with Crippen molar-refractivity contribution in [2.45, 2.75) is 17.9 Å². The van der Waals surface area contributed by atoms with Crippen molar-refractivity contribution < 1.29 is 8.42 Å². The van der Waals surface area contributed by atoms with Crippen molar-refractivity contribution in [1.29, 1.82) is 0 Å². The summed E-state index contributed by atoms with van der Waals surface area (Å²) in [4.78, 5) is 0.0922. The first-order chi connectivity index (χ1) is 9.77. The van der Waals surface area contributed by atoms with Crippen LogP contribution in [-0.2, 0) is 10.0 Å². The van der Waals surface area contributed by atoms with Crippen molar-refractivity contribution in [3.63, 3.8) is 0 Å². The molecule has 7 heteroatoms. The molecule has 0 aliphatic rings. The summed E-state index contributed by atoms with van der Waals surface area (Å²) in [6.45, 7) is 2.00. The van der Waals surface area contributed by atoms with E-state index in [1.807, 2.05) is 25.1 Å². The summed E-state index contributed by atoms with van der Waals surface area (Å²) >= 11 is 6.93. The van der Waals surface area contributed by atoms with Crippen LogP contribution in [0.1, 0.15) is 18.5 Å². The minimum atomic E-state index is -3.69. The number of hydrogen-bond acceptors (Lipinski definition) is 3. The van der Waals surface area contributed by atoms with Gasteiger partial charge in [0.1, 0.15) is 0 Å². The number of nitrogens with two attached hydrogens (primary N) is 1. The average molecular weight is 434 g/mol. The van der Waals surface area contributed by atoms with Crippen LogP contribution >= 0.6 is 31.9 Å². The Morgan fingerprint density at radius 3 is 2.48 bits per heavy atom. The molecule has 21 heavy (non-hydrogen) atoms. The van der Waals surface area contributed by atoms with Crippen molar-refractivity contribution in [1.82, 2.24) is 0 Å². The largest absolute Gasteiger partial charge is 0.378 e. The molecule has 112 valence electrons. The maximum Gasteiger partial charge on any atom is 0.238 e. The van der Waals surface area contributed by atoms with Crippen LogP contribution in [0.3, 0.4) is 0 Å². The molecule has 3 N–H and O–H groups in total. The number of rotatable bonds is 4. The molecule has 0 spiro atoms. The number of sulfonamides is 1. The summed E-state index contributed by atoms with van der Waals surface area (Å²) in [6.07, 6.45) is 0. The Labute approximate surface area is 141 Å². The fourth-order valence-corrected chi connectivity index (χ4v) is 3.89. The second-order valence-corrected chi connectivity index (χ2v) is 7.94. The van der Waals surface area contributed by atoms with E-state index in [4.69, 9.17) is 5.14 Å². The highest BCUT2D eigenvalue weighted by atomic mass is 79.9. The SMILES string of the molecule is CC(Nc1cccc(S(N)(=O)=O)c1)c1ccc(Br)cc1Br. The van der Waals surface area contributed by atoms with Gasteiger partial charge >= 0.3 is 0 Å². The predicted molar refractivity (Wildman–Crippen MR) is 91.7 cm³/mol. The Hall–Kier alpha value is -0.890. The van der Waals surface area contributed by atoms with Gasteiger partial charge in [0.25, 0.3) is 0 Å². The quantitative estimate of drug-likeness (QED) is 0.764. The molecule has 0 saturated carbocycles. The fraction of sp³-hybridized carbons (Fsp3) is 0.143. The van der Waals surface area contributed by atoms with Crippen molar-refractivity contribution in [3.05, 3.63) is 57.0 Å². The Morgan fingerprint density at radius 1 is 1.14 bits per heavy atom. The Kier molecular flexibility index (Phi) is 5.08. The Bertz CT molecular complexity index is 763. The molecule has 2 aromatic rings. The van der Waals surface area contributed by atoms with Crippen LogP contribution in [0.25, 0.3) is 0 Å². The molecule has 0 radical (unpaired) electrons. The molecule has 1 unspecified atom stereocenters. The molecule has 4 nitrogen and oxygen atoms in total. The van der Waals surface area contributed by atoms with Crippen LogP contribution in [0.15, 0.2) is 56.3 Å². The van der Waals surface area contributed by atoms with E-state index in [0.29, 0.717) is 5.69 Å². The number of hydrogen-bond donors (Lipinski definition) is 2. The number of nitrogens with one attached hydrogen (secondary N) is 1. The third-order valence-corrected chi connectivity index (χ3v) is 5.07. The summed E-state index contributed by atoms with van der Waals surface area (Å²) in [5.74, 6) is 0. The van der Waals surface area contributed by atoms with Crippen LogP contribution in [0.5, 0.6) is 0 Å². The Morgan fingerprint density at radius 2 is 1.86 bits per heavy atom. The average Bonchev–Trinajstić information content (AvgIpc) is 2.37. The first kappa shape index (κ1) is 16.5. The minimum absolute atomic E-state index is 0.00297. The minimum Gasteiger partial charge on any atom is -0.378 e. The third-order valence-electron chi connectivity index (χ3n) is 2.97. The summed E-state index contributed by atoms with van der Waals surface area (Å²) in [5, 5.41) is 8.41. The van der Waals surface area contributed by atoms with E-state index < -0.39 is 10.0 Å². The lowest BCUT2D eigenvalue weighted by Gasteiger charge is -2.18. The zero-order valence-electron chi connectivity index (χ0n) is 11.2. The highest BCUT2D eigenvalue weighted by Crippen LogP contribution is 2.29. The second-order valence-electron chi connectivity index (χ2n) is 4.60. The lowest BCUT2D eigenvalue weighted by Crippen LogP contribution is -2.13.